The van der Waals surface area contributed by atoms with Crippen molar-refractivity contribution in [3.8, 4) is 5.75 Å². The Morgan fingerprint density at radius 1 is 1.54 bits per heavy atom. The van der Waals surface area contributed by atoms with E-state index in [4.69, 9.17) is 0 Å². The van der Waals surface area contributed by atoms with Gasteiger partial charge < -0.3 is 4.89 Å². The maximum absolute atomic E-state index is 10.5. The molecule has 0 bridgehead atoms. The molecule has 0 saturated heterocycles. The van der Waals surface area contributed by atoms with Gasteiger partial charge >= 0.3 is 0 Å². The Morgan fingerprint density at radius 2 is 2.23 bits per heavy atom. The third-order valence-corrected chi connectivity index (χ3v) is 1.52. The highest BCUT2D eigenvalue weighted by atomic mass is 17.3. The number of nitro groups is 1. The molecule has 0 saturated carbocycles. The van der Waals surface area contributed by atoms with Crippen molar-refractivity contribution in [3.63, 3.8) is 0 Å². The van der Waals surface area contributed by atoms with Gasteiger partial charge in [0.05, 0.1) is 11.0 Å². The topological polar surface area (TPSA) is 87.6 Å². The maximum atomic E-state index is 10.5. The zero-order valence-corrected chi connectivity index (χ0v) is 6.89. The van der Waals surface area contributed by atoms with E-state index in [0.29, 0.717) is 5.56 Å². The van der Waals surface area contributed by atoms with Crippen LogP contribution in [0.4, 0.5) is 5.69 Å². The second-order valence-electron chi connectivity index (χ2n) is 2.38. The van der Waals surface area contributed by atoms with Gasteiger partial charge in [-0.1, -0.05) is 4.99 Å². The molecule has 0 fully saturated rings. The van der Waals surface area contributed by atoms with Gasteiger partial charge in [-0.15, -0.1) is 0 Å². The summed E-state index contributed by atoms with van der Waals surface area (Å²) in [5.41, 5.74) is 0.518. The fourth-order valence-electron chi connectivity index (χ4n) is 0.893. The number of benzene rings is 1. The van der Waals surface area contributed by atoms with Crippen molar-refractivity contribution >= 4 is 5.69 Å². The lowest BCUT2D eigenvalue weighted by molar-refractivity contribution is -0.385. The largest absolute Gasteiger partial charge is 0.319 e. The standard InChI is InChI=1S/C7H8N2O4/c1-5-2-3-6(12-13-8)4-7(5)9(10)11/h2-4H,8H2,1H3. The van der Waals surface area contributed by atoms with E-state index in [1.54, 1.807) is 13.0 Å². The van der Waals surface area contributed by atoms with Gasteiger partial charge in [0.1, 0.15) is 0 Å². The Hall–Kier alpha value is -1.66. The van der Waals surface area contributed by atoms with Crippen molar-refractivity contribution in [1.82, 2.24) is 0 Å². The first-order valence-corrected chi connectivity index (χ1v) is 3.43. The van der Waals surface area contributed by atoms with Crippen LogP contribution in [-0.4, -0.2) is 4.92 Å². The molecular formula is C7H8N2O4. The average molecular weight is 184 g/mol. The van der Waals surface area contributed by atoms with Crippen LogP contribution < -0.4 is 10.8 Å². The van der Waals surface area contributed by atoms with E-state index in [1.807, 2.05) is 0 Å². The molecule has 2 N–H and O–H groups in total. The number of nitrogens with zero attached hydrogens (tertiary/aromatic N) is 1. The molecule has 0 radical (unpaired) electrons. The van der Waals surface area contributed by atoms with Crippen molar-refractivity contribution in [2.45, 2.75) is 6.92 Å². The first-order valence-electron chi connectivity index (χ1n) is 3.43. The van der Waals surface area contributed by atoms with E-state index >= 15 is 0 Å². The first-order chi connectivity index (χ1) is 6.15. The minimum absolute atomic E-state index is 0.0328. The van der Waals surface area contributed by atoms with Gasteiger partial charge in [-0.25, -0.2) is 0 Å². The van der Waals surface area contributed by atoms with Crippen LogP contribution in [0.1, 0.15) is 5.56 Å². The van der Waals surface area contributed by atoms with Gasteiger partial charge in [0.2, 0.25) is 0 Å². The fraction of sp³-hybridized carbons (Fsp3) is 0.143. The Bertz CT molecular complexity index is 326. The molecule has 0 spiro atoms. The SMILES string of the molecule is Cc1ccc(OON)cc1[N+](=O)[O-]. The third kappa shape index (κ3) is 2.14. The second-order valence-corrected chi connectivity index (χ2v) is 2.38. The van der Waals surface area contributed by atoms with E-state index in [9.17, 15) is 10.1 Å². The van der Waals surface area contributed by atoms with Crippen LogP contribution in [0.5, 0.6) is 5.75 Å². The molecule has 0 heterocycles. The van der Waals surface area contributed by atoms with Gasteiger partial charge in [0.25, 0.3) is 5.69 Å². The average Bonchev–Trinajstić information content (AvgIpc) is 2.08. The minimum atomic E-state index is -0.501. The number of nitro benzene ring substituents is 1. The van der Waals surface area contributed by atoms with Crippen LogP contribution in [0.25, 0.3) is 0 Å². The van der Waals surface area contributed by atoms with Crippen molar-refractivity contribution in [2.75, 3.05) is 0 Å². The number of aryl methyl sites for hydroxylation is 1. The van der Waals surface area contributed by atoms with E-state index in [1.165, 1.54) is 12.1 Å². The lowest BCUT2D eigenvalue weighted by Gasteiger charge is -2.00. The summed E-state index contributed by atoms with van der Waals surface area (Å²) < 4.78 is 0. The molecule has 0 amide bonds. The zero-order valence-electron chi connectivity index (χ0n) is 6.89. The summed E-state index contributed by atoms with van der Waals surface area (Å²) in [4.78, 5) is 18.3. The van der Waals surface area contributed by atoms with Crippen molar-refractivity contribution < 1.29 is 14.8 Å². The number of hydrogen-bond donors (Lipinski definition) is 1. The summed E-state index contributed by atoms with van der Waals surface area (Å²) in [6.45, 7) is 1.63. The van der Waals surface area contributed by atoms with E-state index in [2.05, 4.69) is 15.8 Å². The lowest BCUT2D eigenvalue weighted by atomic mass is 10.2. The summed E-state index contributed by atoms with van der Waals surface area (Å²) in [6.07, 6.45) is 0. The van der Waals surface area contributed by atoms with Crippen LogP contribution in [-0.2, 0) is 4.99 Å². The van der Waals surface area contributed by atoms with E-state index in [-0.39, 0.29) is 11.4 Å². The Kier molecular flexibility index (Phi) is 2.78. The van der Waals surface area contributed by atoms with Crippen molar-refractivity contribution in [1.29, 1.82) is 0 Å². The summed E-state index contributed by atoms with van der Waals surface area (Å²) >= 11 is 0. The van der Waals surface area contributed by atoms with Crippen LogP contribution in [0, 0.1) is 17.0 Å². The molecule has 1 aromatic rings. The maximum Gasteiger partial charge on any atom is 0.276 e. The lowest BCUT2D eigenvalue weighted by Crippen LogP contribution is -2.03. The van der Waals surface area contributed by atoms with Crippen LogP contribution in [0.3, 0.4) is 0 Å². The molecule has 6 nitrogen and oxygen atoms in total. The first kappa shape index (κ1) is 9.43. The molecule has 13 heavy (non-hydrogen) atoms. The summed E-state index contributed by atoms with van der Waals surface area (Å²) in [5.74, 6) is 4.83. The quantitative estimate of drug-likeness (QED) is 0.431. The summed E-state index contributed by atoms with van der Waals surface area (Å²) in [7, 11) is 0. The van der Waals surface area contributed by atoms with E-state index in [0.717, 1.165) is 0 Å². The monoisotopic (exact) mass is 184 g/mol. The van der Waals surface area contributed by atoms with Crippen molar-refractivity contribution in [3.05, 3.63) is 33.9 Å². The van der Waals surface area contributed by atoms with Crippen LogP contribution in [0.15, 0.2) is 18.2 Å². The fourth-order valence-corrected chi connectivity index (χ4v) is 0.893. The molecule has 0 aliphatic rings. The van der Waals surface area contributed by atoms with E-state index < -0.39 is 4.92 Å². The zero-order chi connectivity index (χ0) is 9.84. The van der Waals surface area contributed by atoms with Crippen molar-refractivity contribution in [2.24, 2.45) is 5.90 Å². The Morgan fingerprint density at radius 3 is 2.77 bits per heavy atom. The molecule has 70 valence electrons. The third-order valence-electron chi connectivity index (χ3n) is 1.52. The highest BCUT2D eigenvalue weighted by Crippen LogP contribution is 2.23. The van der Waals surface area contributed by atoms with Gasteiger partial charge in [0, 0.05) is 5.56 Å². The number of nitrogens with two attached hydrogens (primary N) is 1. The number of hydrogen-bond acceptors (Lipinski definition) is 5. The Balaban J connectivity index is 3.04. The minimum Gasteiger partial charge on any atom is -0.319 e. The predicted octanol–water partition coefficient (Wildman–Crippen LogP) is 1.09. The van der Waals surface area contributed by atoms with Gasteiger partial charge in [0.15, 0.2) is 5.75 Å². The van der Waals surface area contributed by atoms with Crippen LogP contribution in [0.2, 0.25) is 0 Å². The molecule has 1 aromatic carbocycles. The molecule has 0 aliphatic heterocycles. The van der Waals surface area contributed by atoms with Gasteiger partial charge in [-0.05, 0) is 19.1 Å². The highest BCUT2D eigenvalue weighted by molar-refractivity contribution is 5.44. The smallest absolute Gasteiger partial charge is 0.276 e. The van der Waals surface area contributed by atoms with Crippen LogP contribution >= 0.6 is 0 Å². The predicted molar refractivity (Wildman–Crippen MR) is 43.7 cm³/mol. The summed E-state index contributed by atoms with van der Waals surface area (Å²) in [6, 6.07) is 4.31. The Labute approximate surface area is 73.9 Å². The van der Waals surface area contributed by atoms with Gasteiger partial charge in [-0.2, -0.15) is 5.90 Å². The second kappa shape index (κ2) is 3.83. The highest BCUT2D eigenvalue weighted by Gasteiger charge is 2.11. The molecular weight excluding hydrogens is 176 g/mol. The molecule has 0 aromatic heterocycles. The molecule has 6 heteroatoms. The molecule has 0 atom stereocenters. The normalized spacial score (nSPS) is 9.69. The molecule has 0 unspecified atom stereocenters. The number of rotatable bonds is 3. The van der Waals surface area contributed by atoms with Gasteiger partial charge in [-0.3, -0.25) is 10.1 Å². The molecule has 0 aliphatic carbocycles. The molecule has 1 rings (SSSR count). The summed E-state index contributed by atoms with van der Waals surface area (Å²) in [5, 5.41) is 10.5.